The number of rotatable bonds is 7. The molecule has 6 nitrogen and oxygen atoms in total. The Balaban J connectivity index is 0.000000205. The molecule has 4 aromatic rings. The summed E-state index contributed by atoms with van der Waals surface area (Å²) in [6.45, 7) is 0. The number of halogens is 1. The molecule has 35 heavy (non-hydrogen) atoms. The first-order valence-electron chi connectivity index (χ1n) is 10.1. The van der Waals surface area contributed by atoms with Gasteiger partial charge >= 0.3 is 0 Å². The van der Waals surface area contributed by atoms with Crippen molar-refractivity contribution in [3.63, 3.8) is 0 Å². The van der Waals surface area contributed by atoms with E-state index in [1.165, 1.54) is 11.3 Å². The zero-order chi connectivity index (χ0) is 25.6. The smallest absolute Gasteiger partial charge is 0.252 e. The minimum Gasteiger partial charge on any atom is -0.497 e. The number of carbonyl (C=O) groups excluding carboxylic acids is 2. The number of hydrogen-bond acceptors (Lipinski definition) is 8. The van der Waals surface area contributed by atoms with Crippen LogP contribution < -0.4 is 18.9 Å². The van der Waals surface area contributed by atoms with Crippen LogP contribution in [0.4, 0.5) is 0 Å². The second-order valence-corrected chi connectivity index (χ2v) is 8.58. The van der Waals surface area contributed by atoms with E-state index in [2.05, 4.69) is 0 Å². The molecule has 0 aliphatic heterocycles. The molecule has 0 unspecified atom stereocenters. The van der Waals surface area contributed by atoms with E-state index in [0.717, 1.165) is 11.5 Å². The average molecular weight is 533 g/mol. The quantitative estimate of drug-likeness (QED) is 0.192. The lowest BCUT2D eigenvalue weighted by Gasteiger charge is -2.03. The van der Waals surface area contributed by atoms with Crippen molar-refractivity contribution in [1.82, 2.24) is 0 Å². The van der Waals surface area contributed by atoms with Gasteiger partial charge in [-0.15, -0.1) is 22.7 Å². The summed E-state index contributed by atoms with van der Waals surface area (Å²) in [5.41, 5.74) is 1.11. The molecule has 0 saturated heterocycles. The first kappa shape index (κ1) is 27.9. The van der Waals surface area contributed by atoms with Crippen LogP contribution in [-0.4, -0.2) is 39.5 Å². The summed E-state index contributed by atoms with van der Waals surface area (Å²) >= 11 is 8.24. The second kappa shape index (κ2) is 14.8. The summed E-state index contributed by atoms with van der Waals surface area (Å²) in [6, 6.07) is 17.4. The van der Waals surface area contributed by atoms with E-state index in [1.54, 1.807) is 94.4 Å². The highest BCUT2D eigenvalue weighted by Gasteiger charge is 2.15. The third-order valence-corrected chi connectivity index (χ3v) is 6.23. The molecule has 184 valence electrons. The summed E-state index contributed by atoms with van der Waals surface area (Å²) in [5.74, 6) is 2.99. The lowest BCUT2D eigenvalue weighted by atomic mass is 10.1. The molecular formula is C26H25ClO6S2. The van der Waals surface area contributed by atoms with Crippen LogP contribution >= 0.6 is 34.3 Å². The largest absolute Gasteiger partial charge is 0.497 e. The highest BCUT2D eigenvalue weighted by Crippen LogP contribution is 2.27. The van der Waals surface area contributed by atoms with Crippen LogP contribution in [0.15, 0.2) is 76.8 Å². The molecule has 0 radical (unpaired) electrons. The predicted molar refractivity (Wildman–Crippen MR) is 141 cm³/mol. The van der Waals surface area contributed by atoms with Crippen molar-refractivity contribution < 1.29 is 28.5 Å². The Labute approximate surface area is 217 Å². The maximum Gasteiger partial charge on any atom is 0.252 e. The minimum atomic E-state index is -0.451. The van der Waals surface area contributed by atoms with Gasteiger partial charge < -0.3 is 18.9 Å². The van der Waals surface area contributed by atoms with Gasteiger partial charge in [-0.05, 0) is 83.0 Å². The molecule has 2 aromatic heterocycles. The topological polar surface area (TPSA) is 71.1 Å². The van der Waals surface area contributed by atoms with Gasteiger partial charge in [-0.25, -0.2) is 0 Å². The molecule has 0 fully saturated rings. The van der Waals surface area contributed by atoms with E-state index >= 15 is 0 Å². The fourth-order valence-corrected chi connectivity index (χ4v) is 4.13. The number of thiophene rings is 2. The number of benzene rings is 2. The maximum atomic E-state index is 12.2. The lowest BCUT2D eigenvalue weighted by molar-refractivity contribution is 0.103. The number of methoxy groups -OCH3 is 4. The number of hydrogen-bond donors (Lipinski definition) is 0. The van der Waals surface area contributed by atoms with Crippen molar-refractivity contribution in [2.75, 3.05) is 28.4 Å². The summed E-state index contributed by atoms with van der Waals surface area (Å²) in [6.07, 6.45) is 0. The van der Waals surface area contributed by atoms with Gasteiger partial charge in [-0.3, -0.25) is 9.59 Å². The molecular weight excluding hydrogens is 508 g/mol. The number of ether oxygens (including phenoxy) is 4. The fourth-order valence-electron chi connectivity index (χ4n) is 2.59. The van der Waals surface area contributed by atoms with E-state index in [-0.39, 0.29) is 5.78 Å². The Morgan fingerprint density at radius 3 is 1.60 bits per heavy atom. The van der Waals surface area contributed by atoms with Gasteiger partial charge in [0.2, 0.25) is 5.78 Å². The van der Waals surface area contributed by atoms with Gasteiger partial charge in [0.1, 0.15) is 27.9 Å². The normalized spacial score (nSPS) is 9.51. The summed E-state index contributed by atoms with van der Waals surface area (Å²) in [4.78, 5) is 23.4. The Hall–Kier alpha value is -3.33. The van der Waals surface area contributed by atoms with E-state index < -0.39 is 5.24 Å². The highest BCUT2D eigenvalue weighted by molar-refractivity contribution is 7.12. The molecule has 9 heteroatoms. The van der Waals surface area contributed by atoms with Crippen molar-refractivity contribution in [3.8, 4) is 23.0 Å². The van der Waals surface area contributed by atoms with Crippen molar-refractivity contribution >= 4 is 45.3 Å². The van der Waals surface area contributed by atoms with E-state index in [0.29, 0.717) is 27.5 Å². The van der Waals surface area contributed by atoms with Crippen LogP contribution in [0.25, 0.3) is 0 Å². The van der Waals surface area contributed by atoms with Gasteiger partial charge in [0.25, 0.3) is 5.24 Å². The summed E-state index contributed by atoms with van der Waals surface area (Å²) in [5, 5.41) is 5.33. The van der Waals surface area contributed by atoms with Gasteiger partial charge in [-0.1, -0.05) is 0 Å². The van der Waals surface area contributed by atoms with E-state index in [1.807, 2.05) is 22.2 Å². The Kier molecular flexibility index (Phi) is 11.8. The Bertz CT molecular complexity index is 1170. The van der Waals surface area contributed by atoms with Crippen molar-refractivity contribution in [2.24, 2.45) is 0 Å². The van der Waals surface area contributed by atoms with Gasteiger partial charge in [0.05, 0.1) is 28.4 Å². The molecule has 0 aliphatic carbocycles. The monoisotopic (exact) mass is 532 g/mol. The van der Waals surface area contributed by atoms with Crippen LogP contribution in [0.1, 0.15) is 25.6 Å². The second-order valence-electron chi connectivity index (χ2n) is 6.54. The molecule has 4 rings (SSSR count). The third kappa shape index (κ3) is 8.75. The van der Waals surface area contributed by atoms with Gasteiger partial charge in [-0.2, -0.15) is 0 Å². The van der Waals surface area contributed by atoms with Crippen LogP contribution in [0.2, 0.25) is 0 Å². The van der Waals surface area contributed by atoms with Crippen LogP contribution in [-0.2, 0) is 0 Å². The number of ketones is 1. The third-order valence-electron chi connectivity index (χ3n) is 4.46. The number of carbonyl (C=O) groups is 2. The molecule has 2 heterocycles. The summed E-state index contributed by atoms with van der Waals surface area (Å²) < 4.78 is 19.9. The first-order chi connectivity index (χ1) is 16.9. The van der Waals surface area contributed by atoms with Crippen molar-refractivity contribution in [3.05, 3.63) is 92.8 Å². The summed E-state index contributed by atoms with van der Waals surface area (Å²) in [7, 11) is 6.39. The fraction of sp³-hybridized carbons (Fsp3) is 0.154. The zero-order valence-corrected chi connectivity index (χ0v) is 22.0. The Morgan fingerprint density at radius 1 is 0.657 bits per heavy atom. The van der Waals surface area contributed by atoms with Crippen LogP contribution in [0.5, 0.6) is 23.0 Å². The SMILES string of the molecule is COc1ccc(C(=O)Cl)cc1.COc1ccc(C(=O)c2sccc2OC)cc1.COc1ccsc1. The average Bonchev–Trinajstić information content (AvgIpc) is 3.61. The minimum absolute atomic E-state index is 0.0282. The Morgan fingerprint density at radius 2 is 1.20 bits per heavy atom. The first-order valence-corrected chi connectivity index (χ1v) is 12.3. The zero-order valence-electron chi connectivity index (χ0n) is 19.6. The molecule has 2 aromatic carbocycles. The molecule has 0 amide bonds. The molecule has 0 N–H and O–H groups in total. The maximum absolute atomic E-state index is 12.2. The molecule has 0 aliphatic rings. The van der Waals surface area contributed by atoms with Crippen LogP contribution in [0.3, 0.4) is 0 Å². The van der Waals surface area contributed by atoms with E-state index in [4.69, 9.17) is 30.5 Å². The predicted octanol–water partition coefficient (Wildman–Crippen LogP) is 6.83. The van der Waals surface area contributed by atoms with Crippen molar-refractivity contribution in [2.45, 2.75) is 0 Å². The van der Waals surface area contributed by atoms with Gasteiger partial charge in [0, 0.05) is 16.5 Å². The van der Waals surface area contributed by atoms with Crippen molar-refractivity contribution in [1.29, 1.82) is 0 Å². The van der Waals surface area contributed by atoms with E-state index in [9.17, 15) is 9.59 Å². The molecule has 0 atom stereocenters. The molecule has 0 saturated carbocycles. The lowest BCUT2D eigenvalue weighted by Crippen LogP contribution is -2.00. The molecule has 0 bridgehead atoms. The van der Waals surface area contributed by atoms with Crippen LogP contribution in [0, 0.1) is 0 Å². The standard InChI is InChI=1S/C13H12O3S.C8H7ClO2.C5H6OS/c1-15-10-5-3-9(4-6-10)12(14)13-11(16-2)7-8-17-13;1-11-7-4-2-6(3-5-7)8(9)10;1-6-5-2-3-7-4-5/h3-8H,1-2H3;2-5H,1H3;2-4H,1H3. The molecule has 0 spiro atoms. The van der Waals surface area contributed by atoms with Gasteiger partial charge in [0.15, 0.2) is 0 Å². The highest BCUT2D eigenvalue weighted by atomic mass is 35.5.